The van der Waals surface area contributed by atoms with Crippen LogP contribution in [0.15, 0.2) is 91.0 Å². The van der Waals surface area contributed by atoms with Gasteiger partial charge in [-0.05, 0) is 69.8 Å². The van der Waals surface area contributed by atoms with E-state index in [4.69, 9.17) is 4.74 Å². The minimum absolute atomic E-state index is 0.0256. The average Bonchev–Trinajstić information content (AvgIpc) is 2.86. The van der Waals surface area contributed by atoms with Crippen molar-refractivity contribution in [2.24, 2.45) is 0 Å². The van der Waals surface area contributed by atoms with E-state index in [0.717, 1.165) is 12.1 Å². The fourth-order valence-electron chi connectivity index (χ4n) is 4.15. The van der Waals surface area contributed by atoms with Gasteiger partial charge in [-0.3, -0.25) is 4.79 Å². The van der Waals surface area contributed by atoms with Crippen molar-refractivity contribution in [3.63, 3.8) is 0 Å². The predicted octanol–water partition coefficient (Wildman–Crippen LogP) is 7.55. The van der Waals surface area contributed by atoms with Gasteiger partial charge in [-0.25, -0.2) is 8.78 Å². The maximum atomic E-state index is 13.7. The van der Waals surface area contributed by atoms with Crippen molar-refractivity contribution in [3.05, 3.63) is 130 Å². The third kappa shape index (κ3) is 5.62. The molecular formula is C29H21F5O2. The van der Waals surface area contributed by atoms with Crippen molar-refractivity contribution >= 4 is 5.97 Å². The van der Waals surface area contributed by atoms with E-state index in [9.17, 15) is 26.7 Å². The van der Waals surface area contributed by atoms with Crippen molar-refractivity contribution < 1.29 is 31.5 Å². The van der Waals surface area contributed by atoms with Crippen LogP contribution >= 0.6 is 0 Å². The van der Waals surface area contributed by atoms with Gasteiger partial charge in [-0.15, -0.1) is 0 Å². The van der Waals surface area contributed by atoms with Gasteiger partial charge in [0.05, 0.1) is 19.1 Å². The summed E-state index contributed by atoms with van der Waals surface area (Å²) in [7, 11) is 1.27. The van der Waals surface area contributed by atoms with Gasteiger partial charge in [0.2, 0.25) is 0 Å². The fourth-order valence-corrected chi connectivity index (χ4v) is 4.15. The van der Waals surface area contributed by atoms with Gasteiger partial charge >= 0.3 is 12.1 Å². The van der Waals surface area contributed by atoms with Gasteiger partial charge < -0.3 is 4.74 Å². The zero-order valence-corrected chi connectivity index (χ0v) is 19.2. The third-order valence-electron chi connectivity index (χ3n) is 5.93. The van der Waals surface area contributed by atoms with E-state index in [-0.39, 0.29) is 6.42 Å². The van der Waals surface area contributed by atoms with Crippen LogP contribution in [0.1, 0.15) is 33.7 Å². The Morgan fingerprint density at radius 1 is 0.778 bits per heavy atom. The van der Waals surface area contributed by atoms with Gasteiger partial charge in [-0.2, -0.15) is 13.2 Å². The lowest BCUT2D eigenvalue weighted by atomic mass is 9.80. The number of ether oxygens (including phenoxy) is 1. The molecule has 4 rings (SSSR count). The van der Waals surface area contributed by atoms with E-state index in [0.29, 0.717) is 33.4 Å². The molecule has 0 saturated carbocycles. The molecule has 4 aromatic rings. The number of methoxy groups -OCH3 is 1. The number of carbonyl (C=O) groups excluding carboxylic acids is 1. The summed E-state index contributed by atoms with van der Waals surface area (Å²) in [4.78, 5) is 11.9. The molecule has 184 valence electrons. The molecule has 2 nitrogen and oxygen atoms in total. The first kappa shape index (κ1) is 25.1. The molecule has 0 amide bonds. The highest BCUT2D eigenvalue weighted by Crippen LogP contribution is 2.40. The minimum atomic E-state index is -4.49. The Labute approximate surface area is 205 Å². The minimum Gasteiger partial charge on any atom is -0.469 e. The lowest BCUT2D eigenvalue weighted by molar-refractivity contribution is -0.140. The maximum Gasteiger partial charge on any atom is 0.416 e. The average molecular weight is 496 g/mol. The molecule has 0 atom stereocenters. The first-order valence-corrected chi connectivity index (χ1v) is 11.0. The van der Waals surface area contributed by atoms with Crippen LogP contribution in [-0.2, 0) is 22.1 Å². The number of rotatable bonds is 6. The molecule has 0 aliphatic carbocycles. The van der Waals surface area contributed by atoms with Gasteiger partial charge in [0.25, 0.3) is 0 Å². The second-order valence-electron chi connectivity index (χ2n) is 8.29. The van der Waals surface area contributed by atoms with E-state index in [1.807, 2.05) is 0 Å². The summed E-state index contributed by atoms with van der Waals surface area (Å²) in [6.07, 6.45) is -4.51. The van der Waals surface area contributed by atoms with Crippen LogP contribution in [0.5, 0.6) is 0 Å². The van der Waals surface area contributed by atoms with E-state index in [1.54, 1.807) is 42.5 Å². The van der Waals surface area contributed by atoms with Crippen molar-refractivity contribution in [1.29, 1.82) is 0 Å². The largest absolute Gasteiger partial charge is 0.469 e. The lowest BCUT2D eigenvalue weighted by Crippen LogP contribution is -2.09. The molecule has 7 heteroatoms. The highest BCUT2D eigenvalue weighted by Gasteiger charge is 2.30. The van der Waals surface area contributed by atoms with E-state index in [2.05, 4.69) is 0 Å². The monoisotopic (exact) mass is 496 g/mol. The van der Waals surface area contributed by atoms with Crippen LogP contribution in [-0.4, -0.2) is 13.1 Å². The molecule has 0 radical (unpaired) electrons. The summed E-state index contributed by atoms with van der Waals surface area (Å²) in [5.41, 5.74) is 3.02. The molecule has 0 N–H and O–H groups in total. The number of alkyl halides is 3. The Bertz CT molecular complexity index is 1300. The Morgan fingerprint density at radius 2 is 1.31 bits per heavy atom. The number of hydrogen-bond acceptors (Lipinski definition) is 2. The Morgan fingerprint density at radius 3 is 1.78 bits per heavy atom. The summed E-state index contributed by atoms with van der Waals surface area (Å²) >= 11 is 0. The second kappa shape index (κ2) is 10.3. The Kier molecular flexibility index (Phi) is 7.20. The zero-order valence-electron chi connectivity index (χ0n) is 19.2. The molecule has 0 aliphatic heterocycles. The molecule has 0 unspecified atom stereocenters. The molecule has 0 bridgehead atoms. The summed E-state index contributed by atoms with van der Waals surface area (Å²) in [5.74, 6) is -1.80. The number of carbonyl (C=O) groups is 1. The van der Waals surface area contributed by atoms with Crippen LogP contribution in [0.3, 0.4) is 0 Å². The molecule has 0 fully saturated rings. The van der Waals surface area contributed by atoms with Crippen molar-refractivity contribution in [1.82, 2.24) is 0 Å². The van der Waals surface area contributed by atoms with Crippen molar-refractivity contribution in [2.75, 3.05) is 7.11 Å². The Hall–Kier alpha value is -4.00. The van der Waals surface area contributed by atoms with Crippen LogP contribution in [0.25, 0.3) is 11.1 Å². The fraction of sp³-hybridized carbons (Fsp3) is 0.138. The topological polar surface area (TPSA) is 26.3 Å². The molecule has 36 heavy (non-hydrogen) atoms. The van der Waals surface area contributed by atoms with Crippen LogP contribution < -0.4 is 0 Å². The zero-order chi connectivity index (χ0) is 25.9. The first-order chi connectivity index (χ1) is 17.2. The summed E-state index contributed by atoms with van der Waals surface area (Å²) < 4.78 is 71.7. The lowest BCUT2D eigenvalue weighted by Gasteiger charge is -2.23. The number of esters is 1. The Balaban J connectivity index is 1.92. The molecule has 0 spiro atoms. The van der Waals surface area contributed by atoms with E-state index in [1.165, 1.54) is 43.5 Å². The molecule has 4 aromatic carbocycles. The number of hydrogen-bond donors (Lipinski definition) is 0. The predicted molar refractivity (Wildman–Crippen MR) is 126 cm³/mol. The van der Waals surface area contributed by atoms with Crippen LogP contribution in [0.2, 0.25) is 0 Å². The smallest absolute Gasteiger partial charge is 0.416 e. The van der Waals surface area contributed by atoms with Crippen molar-refractivity contribution in [3.8, 4) is 11.1 Å². The third-order valence-corrected chi connectivity index (χ3v) is 5.93. The summed E-state index contributed by atoms with van der Waals surface area (Å²) in [5, 5.41) is 0. The van der Waals surface area contributed by atoms with Gasteiger partial charge in [0.15, 0.2) is 0 Å². The number of benzene rings is 4. The van der Waals surface area contributed by atoms with Crippen LogP contribution in [0, 0.1) is 11.6 Å². The molecule has 0 saturated heterocycles. The van der Waals surface area contributed by atoms with Gasteiger partial charge in [-0.1, -0.05) is 54.6 Å². The molecule has 0 heterocycles. The maximum absolute atomic E-state index is 13.7. The normalized spacial score (nSPS) is 11.5. The number of halogens is 5. The van der Waals surface area contributed by atoms with E-state index >= 15 is 0 Å². The van der Waals surface area contributed by atoms with Crippen LogP contribution in [0.4, 0.5) is 22.0 Å². The standard InChI is InChI=1S/C29H21F5O2/c1-36-27(35)17-18-2-15-25(26(16-18)19-3-9-22(10-4-19)29(32,33)34)28(20-5-11-23(30)12-6-20)21-7-13-24(31)14-8-21/h2-16,28H,17H2,1H3. The quantitative estimate of drug-likeness (QED) is 0.157. The second-order valence-corrected chi connectivity index (χ2v) is 8.29. The SMILES string of the molecule is COC(=O)Cc1ccc(C(c2ccc(F)cc2)c2ccc(F)cc2)c(-c2ccc(C(F)(F)F)cc2)c1. The first-order valence-electron chi connectivity index (χ1n) is 11.0. The molecule has 0 aromatic heterocycles. The molecule has 0 aliphatic rings. The highest BCUT2D eigenvalue weighted by molar-refractivity contribution is 5.76. The summed E-state index contributed by atoms with van der Waals surface area (Å²) in [6.45, 7) is 0. The van der Waals surface area contributed by atoms with Gasteiger partial charge in [0.1, 0.15) is 11.6 Å². The molecular weight excluding hydrogens is 475 g/mol. The van der Waals surface area contributed by atoms with Gasteiger partial charge in [0, 0.05) is 5.92 Å². The summed E-state index contributed by atoms with van der Waals surface area (Å²) in [6, 6.07) is 21.7. The highest BCUT2D eigenvalue weighted by atomic mass is 19.4. The van der Waals surface area contributed by atoms with Crippen molar-refractivity contribution in [2.45, 2.75) is 18.5 Å². The van der Waals surface area contributed by atoms with E-state index < -0.39 is 35.3 Å².